The third-order valence-corrected chi connectivity index (χ3v) is 3.50. The van der Waals surface area contributed by atoms with Gasteiger partial charge in [-0.25, -0.2) is 4.98 Å². The van der Waals surface area contributed by atoms with Crippen molar-refractivity contribution in [3.63, 3.8) is 0 Å². The molecule has 3 rings (SSSR count). The van der Waals surface area contributed by atoms with Gasteiger partial charge < -0.3 is 15.2 Å². The second-order valence-corrected chi connectivity index (χ2v) is 5.56. The van der Waals surface area contributed by atoms with Crippen LogP contribution < -0.4 is 10.6 Å². The summed E-state index contributed by atoms with van der Waals surface area (Å²) < 4.78 is 2.05. The summed E-state index contributed by atoms with van der Waals surface area (Å²) in [6.45, 7) is 7.65. The number of pyridine rings is 1. The zero-order valence-corrected chi connectivity index (χ0v) is 13.6. The minimum absolute atomic E-state index is 0.288. The highest BCUT2D eigenvalue weighted by molar-refractivity contribution is 5.84. The Kier molecular flexibility index (Phi) is 4.36. The quantitative estimate of drug-likeness (QED) is 0.728. The fourth-order valence-corrected chi connectivity index (χ4v) is 2.34. The average molecular weight is 311 g/mol. The van der Waals surface area contributed by atoms with Crippen molar-refractivity contribution in [3.05, 3.63) is 36.4 Å². The molecule has 0 spiro atoms. The van der Waals surface area contributed by atoms with Gasteiger partial charge in [0, 0.05) is 31.5 Å². The van der Waals surface area contributed by atoms with Crippen LogP contribution in [0.2, 0.25) is 0 Å². The first-order valence-corrected chi connectivity index (χ1v) is 7.80. The largest absolute Gasteiger partial charge is 0.364 e. The summed E-state index contributed by atoms with van der Waals surface area (Å²) in [7, 11) is 0. The molecule has 0 saturated carbocycles. The van der Waals surface area contributed by atoms with Crippen LogP contribution in [0.3, 0.4) is 0 Å². The third kappa shape index (κ3) is 3.23. The van der Waals surface area contributed by atoms with Gasteiger partial charge in [0.25, 0.3) is 0 Å². The zero-order valence-electron chi connectivity index (χ0n) is 13.6. The maximum atomic E-state index is 4.59. The molecule has 3 aromatic rings. The number of aromatic nitrogens is 5. The van der Waals surface area contributed by atoms with Gasteiger partial charge in [0.2, 0.25) is 5.95 Å². The van der Waals surface area contributed by atoms with Crippen LogP contribution in [0.25, 0.3) is 11.2 Å². The van der Waals surface area contributed by atoms with E-state index in [-0.39, 0.29) is 6.04 Å². The second kappa shape index (κ2) is 6.60. The van der Waals surface area contributed by atoms with Crippen molar-refractivity contribution in [1.82, 2.24) is 24.5 Å². The molecular weight excluding hydrogens is 290 g/mol. The number of rotatable bonds is 6. The van der Waals surface area contributed by atoms with E-state index in [0.717, 1.165) is 29.1 Å². The van der Waals surface area contributed by atoms with Gasteiger partial charge in [-0.3, -0.25) is 4.98 Å². The summed E-state index contributed by atoms with van der Waals surface area (Å²) in [5.41, 5.74) is 2.71. The van der Waals surface area contributed by atoms with E-state index in [1.807, 2.05) is 36.1 Å². The first-order chi connectivity index (χ1) is 11.2. The molecule has 3 heterocycles. The van der Waals surface area contributed by atoms with Gasteiger partial charge in [-0.05, 0) is 32.4 Å². The molecule has 0 aromatic carbocycles. The summed E-state index contributed by atoms with van der Waals surface area (Å²) in [6, 6.07) is 4.23. The van der Waals surface area contributed by atoms with Crippen LogP contribution in [-0.4, -0.2) is 31.0 Å². The van der Waals surface area contributed by atoms with Crippen LogP contribution in [0.5, 0.6) is 0 Å². The number of fused-ring (bicyclic) bond motifs is 1. The minimum atomic E-state index is 0.288. The molecule has 3 aromatic heterocycles. The number of anilines is 2. The van der Waals surface area contributed by atoms with Gasteiger partial charge in [-0.1, -0.05) is 6.07 Å². The topological polar surface area (TPSA) is 80.5 Å². The highest BCUT2D eigenvalue weighted by Crippen LogP contribution is 2.23. The molecule has 0 fully saturated rings. The molecule has 0 atom stereocenters. The number of hydrogen-bond acceptors (Lipinski definition) is 6. The monoisotopic (exact) mass is 311 g/mol. The number of imidazole rings is 1. The van der Waals surface area contributed by atoms with Crippen LogP contribution in [-0.2, 0) is 6.54 Å². The van der Waals surface area contributed by atoms with Crippen molar-refractivity contribution in [3.8, 4) is 0 Å². The summed E-state index contributed by atoms with van der Waals surface area (Å²) in [5.74, 6) is 1.34. The smallest absolute Gasteiger partial charge is 0.226 e. The maximum absolute atomic E-state index is 4.59. The summed E-state index contributed by atoms with van der Waals surface area (Å²) in [5, 5.41) is 6.53. The molecule has 7 nitrogen and oxygen atoms in total. The first kappa shape index (κ1) is 15.2. The van der Waals surface area contributed by atoms with E-state index in [0.29, 0.717) is 12.5 Å². The van der Waals surface area contributed by atoms with E-state index in [1.165, 1.54) is 0 Å². The van der Waals surface area contributed by atoms with Gasteiger partial charge in [0.05, 0.1) is 6.33 Å². The Morgan fingerprint density at radius 2 is 2.09 bits per heavy atom. The molecule has 0 aliphatic carbocycles. The Morgan fingerprint density at radius 3 is 2.78 bits per heavy atom. The minimum Gasteiger partial charge on any atom is -0.364 e. The molecule has 7 heteroatoms. The molecule has 0 unspecified atom stereocenters. The number of hydrogen-bond donors (Lipinski definition) is 2. The van der Waals surface area contributed by atoms with E-state index >= 15 is 0 Å². The molecule has 0 aliphatic heterocycles. The first-order valence-electron chi connectivity index (χ1n) is 7.80. The fourth-order valence-electron chi connectivity index (χ4n) is 2.34. The van der Waals surface area contributed by atoms with Crippen LogP contribution in [0.15, 0.2) is 30.9 Å². The Labute approximate surface area is 135 Å². The highest BCUT2D eigenvalue weighted by atomic mass is 15.2. The lowest BCUT2D eigenvalue weighted by Crippen LogP contribution is -2.09. The van der Waals surface area contributed by atoms with E-state index < -0.39 is 0 Å². The van der Waals surface area contributed by atoms with Crippen molar-refractivity contribution in [2.75, 3.05) is 17.2 Å². The van der Waals surface area contributed by atoms with Crippen LogP contribution in [0.1, 0.15) is 32.4 Å². The summed E-state index contributed by atoms with van der Waals surface area (Å²) >= 11 is 0. The lowest BCUT2D eigenvalue weighted by molar-refractivity contribution is 0.613. The summed E-state index contributed by atoms with van der Waals surface area (Å²) in [6.07, 6.45) is 5.41. The van der Waals surface area contributed by atoms with E-state index in [4.69, 9.17) is 0 Å². The number of nitrogens with one attached hydrogen (secondary N) is 2. The maximum Gasteiger partial charge on any atom is 0.226 e. The van der Waals surface area contributed by atoms with Gasteiger partial charge in [0.1, 0.15) is 0 Å². The lowest BCUT2D eigenvalue weighted by Gasteiger charge is -2.11. The molecule has 0 amide bonds. The Balaban J connectivity index is 1.97. The van der Waals surface area contributed by atoms with Crippen LogP contribution in [0.4, 0.5) is 11.8 Å². The van der Waals surface area contributed by atoms with Crippen molar-refractivity contribution in [2.45, 2.75) is 33.4 Å². The van der Waals surface area contributed by atoms with Crippen molar-refractivity contribution in [1.29, 1.82) is 0 Å². The van der Waals surface area contributed by atoms with Gasteiger partial charge in [0.15, 0.2) is 17.0 Å². The summed E-state index contributed by atoms with van der Waals surface area (Å²) in [4.78, 5) is 17.8. The molecule has 0 bridgehead atoms. The van der Waals surface area contributed by atoms with Crippen molar-refractivity contribution >= 4 is 22.9 Å². The van der Waals surface area contributed by atoms with Crippen molar-refractivity contribution in [2.24, 2.45) is 0 Å². The fraction of sp³-hybridized carbons (Fsp3) is 0.375. The third-order valence-electron chi connectivity index (χ3n) is 3.50. The van der Waals surface area contributed by atoms with E-state index in [2.05, 4.69) is 44.4 Å². The van der Waals surface area contributed by atoms with E-state index in [9.17, 15) is 0 Å². The standard InChI is InChI=1S/C16H21N7/c1-4-18-16-21-14(19-9-12-6-5-7-17-8-12)13-15(22-16)23(10-20-13)11(2)3/h5-8,10-11H,4,9H2,1-3H3,(H2,18,19,21,22). The van der Waals surface area contributed by atoms with Gasteiger partial charge >= 0.3 is 0 Å². The van der Waals surface area contributed by atoms with Crippen LogP contribution >= 0.6 is 0 Å². The SMILES string of the molecule is CCNc1nc(NCc2cccnc2)c2ncn(C(C)C)c2n1. The normalized spacial score (nSPS) is 11.1. The van der Waals surface area contributed by atoms with Crippen LogP contribution in [0, 0.1) is 0 Å². The van der Waals surface area contributed by atoms with E-state index in [1.54, 1.807) is 6.20 Å². The lowest BCUT2D eigenvalue weighted by atomic mass is 10.3. The molecular formula is C16H21N7. The number of nitrogens with zero attached hydrogens (tertiary/aromatic N) is 5. The average Bonchev–Trinajstić information content (AvgIpc) is 2.98. The predicted octanol–water partition coefficient (Wildman–Crippen LogP) is 2.85. The highest BCUT2D eigenvalue weighted by Gasteiger charge is 2.14. The second-order valence-electron chi connectivity index (χ2n) is 5.56. The Morgan fingerprint density at radius 1 is 1.22 bits per heavy atom. The molecule has 0 radical (unpaired) electrons. The molecule has 0 aliphatic rings. The predicted molar refractivity (Wildman–Crippen MR) is 91.4 cm³/mol. The molecule has 0 saturated heterocycles. The van der Waals surface area contributed by atoms with Gasteiger partial charge in [-0.2, -0.15) is 9.97 Å². The molecule has 23 heavy (non-hydrogen) atoms. The molecule has 120 valence electrons. The molecule has 2 N–H and O–H groups in total. The zero-order chi connectivity index (χ0) is 16.2. The Bertz CT molecular complexity index is 780. The van der Waals surface area contributed by atoms with Crippen molar-refractivity contribution < 1.29 is 0 Å². The van der Waals surface area contributed by atoms with Gasteiger partial charge in [-0.15, -0.1) is 0 Å². The Hall–Kier alpha value is -2.70.